The van der Waals surface area contributed by atoms with Gasteiger partial charge in [0.1, 0.15) is 0 Å². The summed E-state index contributed by atoms with van der Waals surface area (Å²) in [4.78, 5) is 0. The van der Waals surface area contributed by atoms with Crippen LogP contribution in [-0.4, -0.2) is 0 Å². The molecule has 1 rings (SSSR count). The van der Waals surface area contributed by atoms with Crippen LogP contribution in [-0.2, 0) is 6.42 Å². The summed E-state index contributed by atoms with van der Waals surface area (Å²) in [6.07, 6.45) is 1.15. The van der Waals surface area contributed by atoms with Crippen molar-refractivity contribution in [3.05, 3.63) is 35.4 Å². The maximum Gasteiger partial charge on any atom is -0.0216 e. The van der Waals surface area contributed by atoms with E-state index in [1.54, 1.807) is 0 Å². The summed E-state index contributed by atoms with van der Waals surface area (Å²) in [5.41, 5.74) is 2.98. The summed E-state index contributed by atoms with van der Waals surface area (Å²) in [6, 6.07) is 8.68. The fourth-order valence-corrected chi connectivity index (χ4v) is 1.42. The van der Waals surface area contributed by atoms with Gasteiger partial charge in [-0.2, -0.15) is 0 Å². The highest BCUT2D eigenvalue weighted by Gasteiger charge is 2.02. The van der Waals surface area contributed by atoms with E-state index < -0.39 is 0 Å². The van der Waals surface area contributed by atoms with Crippen molar-refractivity contribution >= 4 is 0 Å². The lowest BCUT2D eigenvalue weighted by molar-refractivity contribution is 0.844. The molecule has 102 valence electrons. The third kappa shape index (κ3) is 10.1. The number of aryl methyl sites for hydroxylation is 1. The molecule has 0 aliphatic rings. The summed E-state index contributed by atoms with van der Waals surface area (Å²) in [5, 5.41) is 0. The van der Waals surface area contributed by atoms with Crippen molar-refractivity contribution in [2.75, 3.05) is 0 Å². The average molecular weight is 238 g/mol. The smallest absolute Gasteiger partial charge is 0.0216 e. The molecule has 0 nitrogen and oxygen atoms in total. The highest BCUT2D eigenvalue weighted by Crippen LogP contribution is 2.18. The Hall–Kier alpha value is -0.780. The predicted molar refractivity (Wildman–Crippen MR) is 84.0 cm³/mol. The number of benzene rings is 1. The molecule has 0 amide bonds. The van der Waals surface area contributed by atoms with Gasteiger partial charge in [0.05, 0.1) is 0 Å². The van der Waals surface area contributed by atoms with Crippen molar-refractivity contribution in [3.63, 3.8) is 0 Å². The minimum atomic E-state index is 0.658. The van der Waals surface area contributed by atoms with Gasteiger partial charge in [-0.3, -0.25) is 0 Å². The lowest BCUT2D eigenvalue weighted by atomic mass is 9.96. The van der Waals surface area contributed by atoms with Crippen molar-refractivity contribution in [1.82, 2.24) is 0 Å². The topological polar surface area (TPSA) is 0 Å². The van der Waals surface area contributed by atoms with Gasteiger partial charge in [0.2, 0.25) is 0 Å². The quantitative estimate of drug-likeness (QED) is 0.555. The Morgan fingerprint density at radius 1 is 0.824 bits per heavy atom. The Morgan fingerprint density at radius 3 is 1.53 bits per heavy atom. The third-order valence-electron chi connectivity index (χ3n) is 2.06. The van der Waals surface area contributed by atoms with Crippen molar-refractivity contribution in [2.24, 2.45) is 0 Å². The standard InChI is InChI=1S/C11H16.3C2H6/c1-4-10-7-5-6-8-11(10)9(2)3;3*1-2/h5-9H,4H2,1-3H3;3*1-2H3. The first-order valence-electron chi connectivity index (χ1n) is 7.33. The second-order valence-corrected chi connectivity index (χ2v) is 3.21. The molecule has 0 atom stereocenters. The van der Waals surface area contributed by atoms with E-state index in [0.717, 1.165) is 6.42 Å². The van der Waals surface area contributed by atoms with Gasteiger partial charge in [-0.25, -0.2) is 0 Å². The summed E-state index contributed by atoms with van der Waals surface area (Å²) < 4.78 is 0. The molecular formula is C17H34. The van der Waals surface area contributed by atoms with Crippen LogP contribution in [0.25, 0.3) is 0 Å². The minimum absolute atomic E-state index is 0.658. The second kappa shape index (κ2) is 17.6. The van der Waals surface area contributed by atoms with Gasteiger partial charge in [0.15, 0.2) is 0 Å². The van der Waals surface area contributed by atoms with E-state index in [9.17, 15) is 0 Å². The fraction of sp³-hybridized carbons (Fsp3) is 0.647. The van der Waals surface area contributed by atoms with Gasteiger partial charge >= 0.3 is 0 Å². The summed E-state index contributed by atoms with van der Waals surface area (Å²) in [6.45, 7) is 18.7. The molecule has 17 heavy (non-hydrogen) atoms. The predicted octanol–water partition coefficient (Wildman–Crippen LogP) is 6.45. The zero-order valence-electron chi connectivity index (χ0n) is 13.6. The van der Waals surface area contributed by atoms with Crippen molar-refractivity contribution in [1.29, 1.82) is 0 Å². The lowest BCUT2D eigenvalue weighted by Crippen LogP contribution is -1.93. The number of hydrogen-bond donors (Lipinski definition) is 0. The monoisotopic (exact) mass is 238 g/mol. The first kappa shape index (κ1) is 21.5. The molecule has 0 heteroatoms. The van der Waals surface area contributed by atoms with Gasteiger partial charge in [-0.15, -0.1) is 0 Å². The van der Waals surface area contributed by atoms with E-state index in [0.29, 0.717) is 5.92 Å². The zero-order chi connectivity index (χ0) is 14.3. The van der Waals surface area contributed by atoms with Gasteiger partial charge in [-0.05, 0) is 23.5 Å². The molecule has 0 spiro atoms. The van der Waals surface area contributed by atoms with Crippen molar-refractivity contribution in [3.8, 4) is 0 Å². The molecule has 0 radical (unpaired) electrons. The van der Waals surface area contributed by atoms with Crippen LogP contribution >= 0.6 is 0 Å². The van der Waals surface area contributed by atoms with Crippen LogP contribution in [0.4, 0.5) is 0 Å². The number of hydrogen-bond acceptors (Lipinski definition) is 0. The SMILES string of the molecule is CC.CC.CC.CCc1ccccc1C(C)C. The van der Waals surface area contributed by atoms with Gasteiger partial charge in [0, 0.05) is 0 Å². The van der Waals surface area contributed by atoms with E-state index in [1.807, 2.05) is 41.5 Å². The van der Waals surface area contributed by atoms with Crippen molar-refractivity contribution in [2.45, 2.75) is 74.7 Å². The van der Waals surface area contributed by atoms with Crippen LogP contribution in [0.5, 0.6) is 0 Å². The molecular weight excluding hydrogens is 204 g/mol. The van der Waals surface area contributed by atoms with E-state index in [4.69, 9.17) is 0 Å². The van der Waals surface area contributed by atoms with E-state index in [2.05, 4.69) is 45.0 Å². The average Bonchev–Trinajstić information content (AvgIpc) is 2.45. The Balaban J connectivity index is -0.000000285. The second-order valence-electron chi connectivity index (χ2n) is 3.21. The van der Waals surface area contributed by atoms with E-state index in [-0.39, 0.29) is 0 Å². The molecule has 0 N–H and O–H groups in total. The molecule has 1 aromatic rings. The lowest BCUT2D eigenvalue weighted by Gasteiger charge is -2.09. The Morgan fingerprint density at radius 2 is 1.24 bits per heavy atom. The molecule has 1 aromatic carbocycles. The molecule has 0 saturated heterocycles. The Bertz CT molecular complexity index is 223. The normalized spacial score (nSPS) is 7.88. The van der Waals surface area contributed by atoms with Crippen LogP contribution in [0.15, 0.2) is 24.3 Å². The van der Waals surface area contributed by atoms with Gasteiger partial charge < -0.3 is 0 Å². The molecule has 0 bridgehead atoms. The maximum atomic E-state index is 2.24. The maximum absolute atomic E-state index is 2.24. The number of rotatable bonds is 2. The Kier molecular flexibility index (Phi) is 22.3. The summed E-state index contributed by atoms with van der Waals surface area (Å²) in [5.74, 6) is 0.658. The fourth-order valence-electron chi connectivity index (χ4n) is 1.42. The summed E-state index contributed by atoms with van der Waals surface area (Å²) >= 11 is 0. The molecule has 0 aromatic heterocycles. The third-order valence-corrected chi connectivity index (χ3v) is 2.06. The minimum Gasteiger partial charge on any atom is -0.0683 e. The largest absolute Gasteiger partial charge is 0.0683 e. The molecule has 0 fully saturated rings. The first-order chi connectivity index (χ1) is 8.25. The highest BCUT2D eigenvalue weighted by atomic mass is 14.1. The summed E-state index contributed by atoms with van der Waals surface area (Å²) in [7, 11) is 0. The first-order valence-corrected chi connectivity index (χ1v) is 7.33. The van der Waals surface area contributed by atoms with E-state index >= 15 is 0 Å². The van der Waals surface area contributed by atoms with Crippen molar-refractivity contribution < 1.29 is 0 Å². The van der Waals surface area contributed by atoms with Crippen LogP contribution in [0.2, 0.25) is 0 Å². The van der Waals surface area contributed by atoms with Crippen LogP contribution < -0.4 is 0 Å². The van der Waals surface area contributed by atoms with E-state index in [1.165, 1.54) is 11.1 Å². The molecule has 0 aliphatic carbocycles. The Labute approximate surface area is 110 Å². The van der Waals surface area contributed by atoms with Crippen LogP contribution in [0.1, 0.15) is 79.4 Å². The highest BCUT2D eigenvalue weighted by molar-refractivity contribution is 5.29. The van der Waals surface area contributed by atoms with Gasteiger partial charge in [0.25, 0.3) is 0 Å². The molecule has 0 unspecified atom stereocenters. The van der Waals surface area contributed by atoms with Gasteiger partial charge in [-0.1, -0.05) is 86.6 Å². The van der Waals surface area contributed by atoms with Crippen LogP contribution in [0, 0.1) is 0 Å². The molecule has 0 aliphatic heterocycles. The van der Waals surface area contributed by atoms with Crippen LogP contribution in [0.3, 0.4) is 0 Å². The molecule has 0 saturated carbocycles. The molecule has 0 heterocycles. The zero-order valence-corrected chi connectivity index (χ0v) is 13.6.